The highest BCUT2D eigenvalue weighted by Gasteiger charge is 2.18. The van der Waals surface area contributed by atoms with Crippen LogP contribution in [0.1, 0.15) is 17.3 Å². The number of carboxylic acid groups (broad SMARTS) is 1. The highest BCUT2D eigenvalue weighted by molar-refractivity contribution is 9.10. The lowest BCUT2D eigenvalue weighted by atomic mass is 10.3. The maximum absolute atomic E-state index is 11.4. The number of aliphatic carboxylic acids is 1. The Morgan fingerprint density at radius 3 is 2.71 bits per heavy atom. The van der Waals surface area contributed by atoms with Gasteiger partial charge in [-0.15, -0.1) is 0 Å². The molecule has 1 aromatic heterocycles. The second kappa shape index (κ2) is 4.28. The molecule has 6 heteroatoms. The van der Waals surface area contributed by atoms with E-state index in [-0.39, 0.29) is 10.2 Å². The van der Waals surface area contributed by atoms with Gasteiger partial charge < -0.3 is 14.8 Å². The molecular formula is C8H8BrNO4. The molecule has 1 atom stereocenters. The summed E-state index contributed by atoms with van der Waals surface area (Å²) in [6, 6.07) is 0.526. The molecular weight excluding hydrogens is 254 g/mol. The van der Waals surface area contributed by atoms with Crippen LogP contribution in [0.25, 0.3) is 0 Å². The average Bonchev–Trinajstić information content (AvgIpc) is 2.51. The van der Waals surface area contributed by atoms with Gasteiger partial charge in [0, 0.05) is 0 Å². The Morgan fingerprint density at radius 1 is 1.64 bits per heavy atom. The van der Waals surface area contributed by atoms with E-state index in [1.807, 2.05) is 0 Å². The first kappa shape index (κ1) is 10.8. The number of hydrogen-bond acceptors (Lipinski definition) is 3. The minimum atomic E-state index is -1.09. The van der Waals surface area contributed by atoms with Crippen LogP contribution in [-0.4, -0.2) is 23.0 Å². The van der Waals surface area contributed by atoms with Gasteiger partial charge in [0.25, 0.3) is 5.91 Å². The van der Waals surface area contributed by atoms with E-state index >= 15 is 0 Å². The third-order valence-electron chi connectivity index (χ3n) is 1.58. The zero-order chi connectivity index (χ0) is 10.7. The predicted molar refractivity (Wildman–Crippen MR) is 51.0 cm³/mol. The van der Waals surface area contributed by atoms with Gasteiger partial charge in [-0.05, 0) is 28.9 Å². The van der Waals surface area contributed by atoms with Crippen molar-refractivity contribution in [3.05, 3.63) is 22.6 Å². The summed E-state index contributed by atoms with van der Waals surface area (Å²) in [6.45, 7) is 1.38. The first-order chi connectivity index (χ1) is 6.52. The van der Waals surface area contributed by atoms with Gasteiger partial charge in [0.1, 0.15) is 6.04 Å². The van der Waals surface area contributed by atoms with Crippen LogP contribution < -0.4 is 5.32 Å². The standard InChI is InChI=1S/C8H8BrNO4/c1-4(8(12)13)10-7(11)5-2-3-14-6(5)9/h2-4H,1H3,(H,10,11)(H,12,13). The van der Waals surface area contributed by atoms with Gasteiger partial charge in [0.05, 0.1) is 11.8 Å². The van der Waals surface area contributed by atoms with Crippen molar-refractivity contribution in [2.75, 3.05) is 0 Å². The molecule has 5 nitrogen and oxygen atoms in total. The van der Waals surface area contributed by atoms with Gasteiger partial charge in [-0.2, -0.15) is 0 Å². The van der Waals surface area contributed by atoms with Crippen LogP contribution >= 0.6 is 15.9 Å². The molecule has 0 spiro atoms. The van der Waals surface area contributed by atoms with Crippen molar-refractivity contribution in [2.45, 2.75) is 13.0 Å². The number of carboxylic acids is 1. The number of halogens is 1. The molecule has 0 bridgehead atoms. The zero-order valence-electron chi connectivity index (χ0n) is 7.28. The Hall–Kier alpha value is -1.30. The molecule has 76 valence electrons. The third kappa shape index (κ3) is 2.35. The van der Waals surface area contributed by atoms with Gasteiger partial charge in [-0.25, -0.2) is 0 Å². The number of carbonyl (C=O) groups is 2. The quantitative estimate of drug-likeness (QED) is 0.858. The van der Waals surface area contributed by atoms with E-state index in [9.17, 15) is 9.59 Å². The molecule has 0 aliphatic carbocycles. The number of nitrogens with one attached hydrogen (secondary N) is 1. The molecule has 1 unspecified atom stereocenters. The monoisotopic (exact) mass is 261 g/mol. The number of amides is 1. The molecule has 0 fully saturated rings. The molecule has 0 aliphatic heterocycles. The SMILES string of the molecule is CC(NC(=O)c1ccoc1Br)C(=O)O. The molecule has 1 rings (SSSR count). The molecule has 1 amide bonds. The second-order valence-corrected chi connectivity index (χ2v) is 3.36. The highest BCUT2D eigenvalue weighted by atomic mass is 79.9. The van der Waals surface area contributed by atoms with Crippen molar-refractivity contribution < 1.29 is 19.1 Å². The fourth-order valence-electron chi connectivity index (χ4n) is 0.792. The molecule has 0 saturated carbocycles. The fraction of sp³-hybridized carbons (Fsp3) is 0.250. The van der Waals surface area contributed by atoms with E-state index in [0.29, 0.717) is 0 Å². The summed E-state index contributed by atoms with van der Waals surface area (Å²) < 4.78 is 5.12. The summed E-state index contributed by atoms with van der Waals surface area (Å²) in [6.07, 6.45) is 1.34. The predicted octanol–water partition coefficient (Wildman–Crippen LogP) is 1.25. The Morgan fingerprint density at radius 2 is 2.29 bits per heavy atom. The van der Waals surface area contributed by atoms with Crippen LogP contribution in [0, 0.1) is 0 Å². The summed E-state index contributed by atoms with van der Waals surface area (Å²) in [7, 11) is 0. The minimum Gasteiger partial charge on any atom is -0.480 e. The molecule has 0 aromatic carbocycles. The number of rotatable bonds is 3. The van der Waals surface area contributed by atoms with Gasteiger partial charge in [0.2, 0.25) is 0 Å². The number of carbonyl (C=O) groups excluding carboxylic acids is 1. The van der Waals surface area contributed by atoms with Crippen LogP contribution in [0.3, 0.4) is 0 Å². The Bertz CT molecular complexity index is 360. The fourth-order valence-corrected chi connectivity index (χ4v) is 1.21. The van der Waals surface area contributed by atoms with Crippen molar-refractivity contribution in [2.24, 2.45) is 0 Å². The average molecular weight is 262 g/mol. The topological polar surface area (TPSA) is 79.5 Å². The maximum Gasteiger partial charge on any atom is 0.325 e. The smallest absolute Gasteiger partial charge is 0.325 e. The Balaban J connectivity index is 2.69. The van der Waals surface area contributed by atoms with Crippen LogP contribution in [-0.2, 0) is 4.79 Å². The van der Waals surface area contributed by atoms with Crippen molar-refractivity contribution in [3.63, 3.8) is 0 Å². The van der Waals surface area contributed by atoms with E-state index in [1.165, 1.54) is 19.3 Å². The summed E-state index contributed by atoms with van der Waals surface area (Å²) in [5.74, 6) is -1.57. The molecule has 0 radical (unpaired) electrons. The second-order valence-electron chi connectivity index (χ2n) is 2.64. The van der Waals surface area contributed by atoms with Crippen LogP contribution in [0.15, 0.2) is 21.4 Å². The molecule has 1 aromatic rings. The van der Waals surface area contributed by atoms with Crippen LogP contribution in [0.5, 0.6) is 0 Å². The lowest BCUT2D eigenvalue weighted by Crippen LogP contribution is -2.38. The Kier molecular flexibility index (Phi) is 3.29. The molecule has 2 N–H and O–H groups in total. The number of hydrogen-bond donors (Lipinski definition) is 2. The summed E-state index contributed by atoms with van der Waals surface area (Å²) in [4.78, 5) is 21.8. The summed E-state index contributed by atoms with van der Waals surface area (Å²) in [5, 5.41) is 10.8. The molecule has 0 aliphatic rings. The van der Waals surface area contributed by atoms with Gasteiger partial charge in [-0.3, -0.25) is 9.59 Å². The minimum absolute atomic E-state index is 0.276. The van der Waals surface area contributed by atoms with Gasteiger partial charge >= 0.3 is 5.97 Å². The van der Waals surface area contributed by atoms with Crippen LogP contribution in [0.2, 0.25) is 0 Å². The first-order valence-corrected chi connectivity index (χ1v) is 4.58. The van der Waals surface area contributed by atoms with Crippen molar-refractivity contribution in [3.8, 4) is 0 Å². The summed E-state index contributed by atoms with van der Waals surface area (Å²) in [5.41, 5.74) is 0.276. The highest BCUT2D eigenvalue weighted by Crippen LogP contribution is 2.17. The van der Waals surface area contributed by atoms with E-state index in [0.717, 1.165) is 0 Å². The Labute approximate surface area is 88.2 Å². The third-order valence-corrected chi connectivity index (χ3v) is 2.19. The van der Waals surface area contributed by atoms with E-state index < -0.39 is 17.9 Å². The number of furan rings is 1. The van der Waals surface area contributed by atoms with E-state index in [1.54, 1.807) is 0 Å². The van der Waals surface area contributed by atoms with Crippen LogP contribution in [0.4, 0.5) is 0 Å². The van der Waals surface area contributed by atoms with Gasteiger partial charge in [0.15, 0.2) is 4.67 Å². The molecule has 14 heavy (non-hydrogen) atoms. The maximum atomic E-state index is 11.4. The normalized spacial score (nSPS) is 12.1. The first-order valence-electron chi connectivity index (χ1n) is 3.79. The van der Waals surface area contributed by atoms with E-state index in [4.69, 9.17) is 9.52 Å². The molecule has 0 saturated heterocycles. The largest absolute Gasteiger partial charge is 0.480 e. The van der Waals surface area contributed by atoms with Crippen molar-refractivity contribution in [1.82, 2.24) is 5.32 Å². The lowest BCUT2D eigenvalue weighted by Gasteiger charge is -2.07. The zero-order valence-corrected chi connectivity index (χ0v) is 8.87. The summed E-state index contributed by atoms with van der Waals surface area (Å²) >= 11 is 3.02. The van der Waals surface area contributed by atoms with Crippen molar-refractivity contribution >= 4 is 27.8 Å². The lowest BCUT2D eigenvalue weighted by molar-refractivity contribution is -0.138. The van der Waals surface area contributed by atoms with Gasteiger partial charge in [-0.1, -0.05) is 0 Å². The molecule has 1 heterocycles. The van der Waals surface area contributed by atoms with Crippen molar-refractivity contribution in [1.29, 1.82) is 0 Å². The van der Waals surface area contributed by atoms with E-state index in [2.05, 4.69) is 21.2 Å².